The Labute approximate surface area is 116 Å². The van der Waals surface area contributed by atoms with Gasteiger partial charge in [-0.05, 0) is 40.2 Å². The molecule has 0 aromatic carbocycles. The first-order chi connectivity index (χ1) is 8.97. The van der Waals surface area contributed by atoms with Crippen LogP contribution in [0.2, 0.25) is 0 Å². The number of nitrogens with one attached hydrogen (secondary N) is 1. The summed E-state index contributed by atoms with van der Waals surface area (Å²) in [6.07, 6.45) is -0.0639. The zero-order valence-corrected chi connectivity index (χ0v) is 11.1. The van der Waals surface area contributed by atoms with E-state index in [0.717, 1.165) is 6.08 Å². The lowest BCUT2D eigenvalue weighted by Crippen LogP contribution is -2.11. The molecule has 1 heterocycles. The lowest BCUT2D eigenvalue weighted by atomic mass is 10.2. The standard InChI is InChI=1S/C13H8BrF3N2/c14-11-6-3-7-18-12(11)19-10-5-2-1-4-9(8-10)13(15,16)17/h3,5-8H,2H2,(H,18,19). The van der Waals surface area contributed by atoms with E-state index < -0.39 is 11.7 Å². The Balaban J connectivity index is 2.27. The third-order valence-electron chi connectivity index (χ3n) is 2.27. The van der Waals surface area contributed by atoms with Gasteiger partial charge in [0, 0.05) is 18.3 Å². The molecule has 0 unspecified atom stereocenters. The summed E-state index contributed by atoms with van der Waals surface area (Å²) in [5.41, 5.74) is -0.556. The van der Waals surface area contributed by atoms with Crippen LogP contribution in [-0.2, 0) is 0 Å². The molecule has 0 fully saturated rings. The number of rotatable bonds is 2. The van der Waals surface area contributed by atoms with Crippen LogP contribution in [-0.4, -0.2) is 11.2 Å². The highest BCUT2D eigenvalue weighted by Gasteiger charge is 2.33. The maximum Gasteiger partial charge on any atom is 0.424 e. The van der Waals surface area contributed by atoms with Crippen molar-refractivity contribution in [3.63, 3.8) is 0 Å². The molecule has 98 valence electrons. The number of halogens is 4. The van der Waals surface area contributed by atoms with Crippen molar-refractivity contribution in [1.82, 2.24) is 4.98 Å². The highest BCUT2D eigenvalue weighted by Crippen LogP contribution is 2.28. The van der Waals surface area contributed by atoms with Gasteiger partial charge in [-0.2, -0.15) is 13.2 Å². The van der Waals surface area contributed by atoms with E-state index in [0.29, 0.717) is 16.0 Å². The van der Waals surface area contributed by atoms with Crippen molar-refractivity contribution in [2.75, 3.05) is 5.32 Å². The summed E-state index contributed by atoms with van der Waals surface area (Å²) in [7, 11) is 0. The summed E-state index contributed by atoms with van der Waals surface area (Å²) < 4.78 is 38.7. The van der Waals surface area contributed by atoms with Crippen LogP contribution >= 0.6 is 15.9 Å². The van der Waals surface area contributed by atoms with Crippen LogP contribution in [0.15, 0.2) is 46.2 Å². The SMILES string of the molecule is FC(F)(F)C1=CC(Nc2ncccc2Br)=CCC#C1. The molecule has 0 saturated carbocycles. The topological polar surface area (TPSA) is 24.9 Å². The number of alkyl halides is 3. The molecule has 2 nitrogen and oxygen atoms in total. The van der Waals surface area contributed by atoms with E-state index in [2.05, 4.69) is 38.1 Å². The van der Waals surface area contributed by atoms with Gasteiger partial charge in [0.2, 0.25) is 0 Å². The summed E-state index contributed by atoms with van der Waals surface area (Å²) in [6.45, 7) is 0. The minimum Gasteiger partial charge on any atom is -0.340 e. The fourth-order valence-corrected chi connectivity index (χ4v) is 1.77. The van der Waals surface area contributed by atoms with Crippen LogP contribution in [0, 0.1) is 11.8 Å². The Morgan fingerprint density at radius 2 is 2.16 bits per heavy atom. The maximum atomic E-state index is 12.7. The van der Waals surface area contributed by atoms with Gasteiger partial charge in [-0.15, -0.1) is 0 Å². The van der Waals surface area contributed by atoms with E-state index in [1.165, 1.54) is 0 Å². The molecule has 6 heteroatoms. The number of allylic oxidation sites excluding steroid dienone is 3. The third-order valence-corrected chi connectivity index (χ3v) is 2.91. The number of nitrogens with zero attached hydrogens (tertiary/aromatic N) is 1. The molecule has 0 aliphatic heterocycles. The van der Waals surface area contributed by atoms with Gasteiger partial charge >= 0.3 is 6.18 Å². The molecule has 0 amide bonds. The monoisotopic (exact) mass is 328 g/mol. The Morgan fingerprint density at radius 3 is 2.84 bits per heavy atom. The van der Waals surface area contributed by atoms with E-state index in [9.17, 15) is 13.2 Å². The largest absolute Gasteiger partial charge is 0.424 e. The molecular formula is C13H8BrF3N2. The van der Waals surface area contributed by atoms with E-state index in [4.69, 9.17) is 0 Å². The van der Waals surface area contributed by atoms with Gasteiger partial charge < -0.3 is 5.32 Å². The molecule has 0 saturated heterocycles. The van der Waals surface area contributed by atoms with Crippen LogP contribution in [0.3, 0.4) is 0 Å². The number of hydrogen-bond donors (Lipinski definition) is 1. The smallest absolute Gasteiger partial charge is 0.340 e. The van der Waals surface area contributed by atoms with Gasteiger partial charge in [0.05, 0.1) is 4.47 Å². The normalized spacial score (nSPS) is 14.7. The van der Waals surface area contributed by atoms with Crippen molar-refractivity contribution in [2.45, 2.75) is 12.6 Å². The van der Waals surface area contributed by atoms with Crippen molar-refractivity contribution in [3.8, 4) is 11.8 Å². The van der Waals surface area contributed by atoms with E-state index >= 15 is 0 Å². The number of hydrogen-bond acceptors (Lipinski definition) is 2. The first kappa shape index (κ1) is 13.7. The molecule has 1 N–H and O–H groups in total. The molecule has 0 spiro atoms. The van der Waals surface area contributed by atoms with Gasteiger partial charge in [-0.1, -0.05) is 11.8 Å². The second kappa shape index (κ2) is 5.49. The van der Waals surface area contributed by atoms with E-state index in [1.54, 1.807) is 24.4 Å². The molecule has 0 radical (unpaired) electrons. The first-order valence-electron chi connectivity index (χ1n) is 5.32. The van der Waals surface area contributed by atoms with Crippen LogP contribution in [0.4, 0.5) is 19.0 Å². The van der Waals surface area contributed by atoms with Crippen molar-refractivity contribution >= 4 is 21.7 Å². The summed E-state index contributed by atoms with van der Waals surface area (Å²) in [5.74, 6) is 5.01. The highest BCUT2D eigenvalue weighted by atomic mass is 79.9. The third kappa shape index (κ3) is 3.61. The Kier molecular flexibility index (Phi) is 3.96. The van der Waals surface area contributed by atoms with Gasteiger partial charge in [0.1, 0.15) is 11.4 Å². The average Bonchev–Trinajstić information content (AvgIpc) is 2.57. The van der Waals surface area contributed by atoms with Gasteiger partial charge in [-0.3, -0.25) is 0 Å². The summed E-state index contributed by atoms with van der Waals surface area (Å²) in [4.78, 5) is 4.04. The molecular weight excluding hydrogens is 321 g/mol. The van der Waals surface area contributed by atoms with Crippen LogP contribution in [0.5, 0.6) is 0 Å². The Bertz CT molecular complexity index is 606. The van der Waals surface area contributed by atoms with E-state index in [1.807, 2.05) is 0 Å². The first-order valence-corrected chi connectivity index (χ1v) is 6.11. The second-order valence-corrected chi connectivity index (χ2v) is 4.53. The lowest BCUT2D eigenvalue weighted by Gasteiger charge is -2.10. The minimum atomic E-state index is -4.44. The van der Waals surface area contributed by atoms with E-state index in [-0.39, 0.29) is 6.42 Å². The maximum absolute atomic E-state index is 12.7. The molecule has 1 aromatic rings. The quantitative estimate of drug-likeness (QED) is 0.829. The average molecular weight is 329 g/mol. The summed E-state index contributed by atoms with van der Waals surface area (Å²) in [5, 5.41) is 2.84. The zero-order chi connectivity index (χ0) is 13.9. The lowest BCUT2D eigenvalue weighted by molar-refractivity contribution is -0.0872. The minimum absolute atomic E-state index is 0.253. The number of pyridine rings is 1. The predicted molar refractivity (Wildman–Crippen MR) is 70.2 cm³/mol. The Morgan fingerprint density at radius 1 is 1.37 bits per heavy atom. The molecule has 1 aromatic heterocycles. The molecule has 1 aliphatic rings. The van der Waals surface area contributed by atoms with Crippen molar-refractivity contribution in [1.29, 1.82) is 0 Å². The predicted octanol–water partition coefficient (Wildman–Crippen LogP) is 4.04. The van der Waals surface area contributed by atoms with Crippen molar-refractivity contribution in [2.24, 2.45) is 0 Å². The van der Waals surface area contributed by atoms with Gasteiger partial charge in [0.25, 0.3) is 0 Å². The number of aromatic nitrogens is 1. The highest BCUT2D eigenvalue weighted by molar-refractivity contribution is 9.10. The van der Waals surface area contributed by atoms with Crippen molar-refractivity contribution < 1.29 is 13.2 Å². The van der Waals surface area contributed by atoms with Gasteiger partial charge in [-0.25, -0.2) is 4.98 Å². The Hall–Kier alpha value is -1.74. The fraction of sp³-hybridized carbons (Fsp3) is 0.154. The summed E-state index contributed by atoms with van der Waals surface area (Å²) in [6, 6.07) is 3.47. The molecule has 0 bridgehead atoms. The summed E-state index contributed by atoms with van der Waals surface area (Å²) >= 11 is 3.27. The van der Waals surface area contributed by atoms with Crippen LogP contribution in [0.25, 0.3) is 0 Å². The van der Waals surface area contributed by atoms with Crippen molar-refractivity contribution in [3.05, 3.63) is 46.2 Å². The van der Waals surface area contributed by atoms with Crippen LogP contribution < -0.4 is 5.32 Å². The van der Waals surface area contributed by atoms with Crippen LogP contribution in [0.1, 0.15) is 6.42 Å². The molecule has 19 heavy (non-hydrogen) atoms. The number of anilines is 1. The second-order valence-electron chi connectivity index (χ2n) is 3.68. The zero-order valence-electron chi connectivity index (χ0n) is 9.55. The van der Waals surface area contributed by atoms with Gasteiger partial charge in [0.15, 0.2) is 0 Å². The molecule has 0 atom stereocenters. The fourth-order valence-electron chi connectivity index (χ4n) is 1.41. The molecule has 1 aliphatic carbocycles. The molecule has 2 rings (SSSR count).